The van der Waals surface area contributed by atoms with Gasteiger partial charge in [0.15, 0.2) is 12.2 Å². The monoisotopic (exact) mass is 412 g/mol. The average Bonchev–Trinajstić information content (AvgIpc) is 2.65. The van der Waals surface area contributed by atoms with Crippen LogP contribution in [-0.2, 0) is 33.3 Å². The molecule has 2 rings (SSSR count). The first kappa shape index (κ1) is 22.4. The van der Waals surface area contributed by atoms with Gasteiger partial charge in [0.1, 0.15) is 30.3 Å². The zero-order valence-corrected chi connectivity index (χ0v) is 16.5. The van der Waals surface area contributed by atoms with Crippen LogP contribution in [0.1, 0.15) is 20.8 Å². The summed E-state index contributed by atoms with van der Waals surface area (Å²) in [4.78, 5) is 34.2. The molecule has 5 atom stereocenters. The quantitative estimate of drug-likeness (QED) is 0.502. The Morgan fingerprint density at radius 2 is 1.48 bits per heavy atom. The number of hydrogen-bond donors (Lipinski definition) is 1. The number of rotatable bonds is 7. The third-order valence-electron chi connectivity index (χ3n) is 3.98. The summed E-state index contributed by atoms with van der Waals surface area (Å²) in [6.07, 6.45) is -6.33. The summed E-state index contributed by atoms with van der Waals surface area (Å²) in [5, 5.41) is 10.7. The molecule has 1 aromatic rings. The maximum atomic E-state index is 11.5. The highest BCUT2D eigenvalue weighted by atomic mass is 16.7. The van der Waals surface area contributed by atoms with Crippen LogP contribution in [0.4, 0.5) is 0 Å². The molecule has 1 aliphatic rings. The molecular weight excluding hydrogens is 388 g/mol. The molecule has 1 heterocycles. The van der Waals surface area contributed by atoms with E-state index in [1.165, 1.54) is 14.0 Å². The lowest BCUT2D eigenvalue weighted by molar-refractivity contribution is -0.285. The number of aliphatic hydroxyl groups excluding tert-OH is 1. The molecular formula is C19H24O10. The summed E-state index contributed by atoms with van der Waals surface area (Å²) in [5.74, 6) is -1.03. The Kier molecular flexibility index (Phi) is 7.80. The molecule has 0 bridgehead atoms. The minimum Gasteiger partial charge on any atom is -0.497 e. The van der Waals surface area contributed by atoms with Crippen molar-refractivity contribution in [3.8, 4) is 11.5 Å². The van der Waals surface area contributed by atoms with Gasteiger partial charge in [0.2, 0.25) is 6.29 Å². The highest BCUT2D eigenvalue weighted by molar-refractivity contribution is 5.67. The van der Waals surface area contributed by atoms with Crippen molar-refractivity contribution >= 4 is 17.9 Å². The summed E-state index contributed by atoms with van der Waals surface area (Å²) in [5.41, 5.74) is 0. The SMILES string of the molecule is COc1ccc(O[C@@H]2O[C@H](COC(C)=O)[C@H](OC(C)=O)[C@H](O)[C@H]2OC(C)=O)cc1. The van der Waals surface area contributed by atoms with Gasteiger partial charge in [0, 0.05) is 20.8 Å². The predicted molar refractivity (Wildman–Crippen MR) is 96.0 cm³/mol. The molecule has 1 fully saturated rings. The fourth-order valence-corrected chi connectivity index (χ4v) is 2.77. The lowest BCUT2D eigenvalue weighted by atomic mass is 9.98. The lowest BCUT2D eigenvalue weighted by Crippen LogP contribution is -2.62. The van der Waals surface area contributed by atoms with Crippen LogP contribution >= 0.6 is 0 Å². The highest BCUT2D eigenvalue weighted by Gasteiger charge is 2.50. The first-order valence-electron chi connectivity index (χ1n) is 8.83. The number of esters is 3. The van der Waals surface area contributed by atoms with E-state index in [2.05, 4.69) is 0 Å². The van der Waals surface area contributed by atoms with Crippen LogP contribution in [-0.4, -0.2) is 67.4 Å². The van der Waals surface area contributed by atoms with Crippen LogP contribution in [0.5, 0.6) is 11.5 Å². The second kappa shape index (κ2) is 10.1. The molecule has 0 unspecified atom stereocenters. The molecule has 0 saturated carbocycles. The highest BCUT2D eigenvalue weighted by Crippen LogP contribution is 2.29. The smallest absolute Gasteiger partial charge is 0.303 e. The second-order valence-electron chi connectivity index (χ2n) is 6.28. The molecule has 0 amide bonds. The van der Waals surface area contributed by atoms with E-state index < -0.39 is 48.6 Å². The minimum absolute atomic E-state index is 0.306. The first-order valence-corrected chi connectivity index (χ1v) is 8.83. The van der Waals surface area contributed by atoms with Gasteiger partial charge >= 0.3 is 17.9 Å². The number of carbonyl (C=O) groups is 3. The van der Waals surface area contributed by atoms with Crippen molar-refractivity contribution in [2.75, 3.05) is 13.7 Å². The molecule has 0 aliphatic carbocycles. The van der Waals surface area contributed by atoms with Gasteiger partial charge in [-0.05, 0) is 24.3 Å². The van der Waals surface area contributed by atoms with E-state index in [0.717, 1.165) is 13.8 Å². The maximum absolute atomic E-state index is 11.5. The first-order chi connectivity index (χ1) is 13.7. The normalized spacial score (nSPS) is 26.2. The standard InChI is InChI=1S/C19H24O10/c1-10(20)25-9-15-17(26-11(2)21)16(23)18(27-12(3)22)19(29-15)28-14-7-5-13(24-4)6-8-14/h5-8,15-19,23H,9H2,1-4H3/t15-,16+,17+,18-,19-/m1/s1. The van der Waals surface area contributed by atoms with Crippen molar-refractivity contribution in [3.63, 3.8) is 0 Å². The van der Waals surface area contributed by atoms with E-state index in [1.54, 1.807) is 24.3 Å². The zero-order chi connectivity index (χ0) is 21.6. The van der Waals surface area contributed by atoms with Crippen LogP contribution in [0.15, 0.2) is 24.3 Å². The van der Waals surface area contributed by atoms with E-state index in [9.17, 15) is 19.5 Å². The Labute approximate surface area is 167 Å². The van der Waals surface area contributed by atoms with Crippen LogP contribution < -0.4 is 9.47 Å². The van der Waals surface area contributed by atoms with Gasteiger partial charge < -0.3 is 33.5 Å². The number of ether oxygens (including phenoxy) is 6. The van der Waals surface area contributed by atoms with Crippen LogP contribution in [0.2, 0.25) is 0 Å². The van der Waals surface area contributed by atoms with Gasteiger partial charge in [0.05, 0.1) is 7.11 Å². The van der Waals surface area contributed by atoms with Crippen molar-refractivity contribution in [2.45, 2.75) is 51.5 Å². The Morgan fingerprint density at radius 1 is 0.931 bits per heavy atom. The van der Waals surface area contributed by atoms with Gasteiger partial charge in [-0.3, -0.25) is 14.4 Å². The molecule has 0 spiro atoms. The Balaban J connectivity index is 2.27. The average molecular weight is 412 g/mol. The van der Waals surface area contributed by atoms with Crippen LogP contribution in [0, 0.1) is 0 Å². The van der Waals surface area contributed by atoms with Gasteiger partial charge in [0.25, 0.3) is 0 Å². The largest absolute Gasteiger partial charge is 0.497 e. The molecule has 0 aromatic heterocycles. The molecule has 10 heteroatoms. The summed E-state index contributed by atoms with van der Waals surface area (Å²) in [6.45, 7) is 3.20. The van der Waals surface area contributed by atoms with E-state index in [1.807, 2.05) is 0 Å². The number of benzene rings is 1. The third-order valence-corrected chi connectivity index (χ3v) is 3.98. The van der Waals surface area contributed by atoms with Crippen molar-refractivity contribution in [1.82, 2.24) is 0 Å². The summed E-state index contributed by atoms with van der Waals surface area (Å²) in [6, 6.07) is 6.48. The molecule has 10 nitrogen and oxygen atoms in total. The van der Waals surface area contributed by atoms with E-state index in [4.69, 9.17) is 28.4 Å². The van der Waals surface area contributed by atoms with Crippen molar-refractivity contribution < 1.29 is 47.9 Å². The van der Waals surface area contributed by atoms with Gasteiger partial charge in [-0.15, -0.1) is 0 Å². The van der Waals surface area contributed by atoms with Crippen molar-refractivity contribution in [1.29, 1.82) is 0 Å². The Hall–Kier alpha value is -2.85. The molecule has 29 heavy (non-hydrogen) atoms. The topological polar surface area (TPSA) is 127 Å². The van der Waals surface area contributed by atoms with Gasteiger partial charge in [-0.2, -0.15) is 0 Å². The molecule has 160 valence electrons. The maximum Gasteiger partial charge on any atom is 0.303 e. The third kappa shape index (κ3) is 6.33. The Bertz CT molecular complexity index is 714. The molecule has 1 aliphatic heterocycles. The fourth-order valence-electron chi connectivity index (χ4n) is 2.77. The summed E-state index contributed by atoms with van der Waals surface area (Å²) in [7, 11) is 1.52. The van der Waals surface area contributed by atoms with Crippen LogP contribution in [0.25, 0.3) is 0 Å². The number of hydrogen-bond acceptors (Lipinski definition) is 10. The summed E-state index contributed by atoms with van der Waals surface area (Å²) < 4.78 is 31.8. The lowest BCUT2D eigenvalue weighted by Gasteiger charge is -2.42. The van der Waals surface area contributed by atoms with Crippen molar-refractivity contribution in [2.24, 2.45) is 0 Å². The van der Waals surface area contributed by atoms with E-state index >= 15 is 0 Å². The van der Waals surface area contributed by atoms with E-state index in [0.29, 0.717) is 11.5 Å². The van der Waals surface area contributed by atoms with Crippen molar-refractivity contribution in [3.05, 3.63) is 24.3 Å². The van der Waals surface area contributed by atoms with Crippen LogP contribution in [0.3, 0.4) is 0 Å². The molecule has 1 saturated heterocycles. The van der Waals surface area contributed by atoms with Gasteiger partial charge in [-0.25, -0.2) is 0 Å². The summed E-state index contributed by atoms with van der Waals surface area (Å²) >= 11 is 0. The minimum atomic E-state index is -1.49. The number of methoxy groups -OCH3 is 1. The molecule has 1 N–H and O–H groups in total. The molecule has 0 radical (unpaired) electrons. The number of aliphatic hydroxyl groups is 1. The predicted octanol–water partition coefficient (Wildman–Crippen LogP) is 0.586. The second-order valence-corrected chi connectivity index (χ2v) is 6.28. The Morgan fingerprint density at radius 3 is 2.00 bits per heavy atom. The van der Waals surface area contributed by atoms with E-state index in [-0.39, 0.29) is 6.61 Å². The van der Waals surface area contributed by atoms with Gasteiger partial charge in [-0.1, -0.05) is 0 Å². The zero-order valence-electron chi connectivity index (χ0n) is 16.5. The fraction of sp³-hybridized carbons (Fsp3) is 0.526. The number of carbonyl (C=O) groups excluding carboxylic acids is 3. The molecule has 1 aromatic carbocycles.